The van der Waals surface area contributed by atoms with Crippen LogP contribution in [0.5, 0.6) is 0 Å². The molecule has 1 aliphatic rings. The van der Waals surface area contributed by atoms with Crippen molar-refractivity contribution in [3.05, 3.63) is 25.3 Å². The maximum atomic E-state index is 12.0. The molecule has 0 aliphatic carbocycles. The van der Waals surface area contributed by atoms with Crippen LogP contribution in [0.25, 0.3) is 0 Å². The standard InChI is InChI=1S/C18H32N4O2/c1-5-9-19-17(23)13-21-11-16(8-4)22(12-15(21)7-3)14-18(24)20-10-6-2/h5-6,15-16H,1-2,7-14H2,3-4H3,(H,19,23)(H,20,24). The molecular formula is C18H32N4O2. The Kier molecular flexibility index (Phi) is 9.34. The van der Waals surface area contributed by atoms with Crippen molar-refractivity contribution in [2.75, 3.05) is 39.3 Å². The van der Waals surface area contributed by atoms with Gasteiger partial charge in [0, 0.05) is 38.3 Å². The molecule has 0 aromatic rings. The Bertz CT molecular complexity index is 399. The van der Waals surface area contributed by atoms with E-state index in [4.69, 9.17) is 0 Å². The van der Waals surface area contributed by atoms with Crippen LogP contribution in [0.2, 0.25) is 0 Å². The van der Waals surface area contributed by atoms with Crippen LogP contribution in [-0.2, 0) is 9.59 Å². The van der Waals surface area contributed by atoms with E-state index in [1.54, 1.807) is 12.2 Å². The third-order valence-corrected chi connectivity index (χ3v) is 4.45. The van der Waals surface area contributed by atoms with Crippen molar-refractivity contribution < 1.29 is 9.59 Å². The summed E-state index contributed by atoms with van der Waals surface area (Å²) in [7, 11) is 0. The molecule has 136 valence electrons. The van der Waals surface area contributed by atoms with Crippen LogP contribution in [0.4, 0.5) is 0 Å². The largest absolute Gasteiger partial charge is 0.352 e. The number of carbonyl (C=O) groups is 2. The highest BCUT2D eigenvalue weighted by Crippen LogP contribution is 2.19. The molecule has 1 fully saturated rings. The van der Waals surface area contributed by atoms with E-state index in [1.807, 2.05) is 0 Å². The van der Waals surface area contributed by atoms with Gasteiger partial charge in [-0.2, -0.15) is 0 Å². The second-order valence-corrected chi connectivity index (χ2v) is 6.17. The molecule has 24 heavy (non-hydrogen) atoms. The van der Waals surface area contributed by atoms with Gasteiger partial charge >= 0.3 is 0 Å². The zero-order chi connectivity index (χ0) is 17.9. The number of rotatable bonds is 10. The monoisotopic (exact) mass is 336 g/mol. The van der Waals surface area contributed by atoms with Crippen molar-refractivity contribution in [2.24, 2.45) is 0 Å². The Morgan fingerprint density at radius 3 is 1.58 bits per heavy atom. The fourth-order valence-corrected chi connectivity index (χ4v) is 3.09. The molecule has 2 N–H and O–H groups in total. The molecule has 1 heterocycles. The summed E-state index contributed by atoms with van der Waals surface area (Å²) >= 11 is 0. The Morgan fingerprint density at radius 1 is 0.917 bits per heavy atom. The zero-order valence-electron chi connectivity index (χ0n) is 15.1. The predicted molar refractivity (Wildman–Crippen MR) is 97.7 cm³/mol. The maximum absolute atomic E-state index is 12.0. The second-order valence-electron chi connectivity index (χ2n) is 6.17. The van der Waals surface area contributed by atoms with Crippen LogP contribution in [0.3, 0.4) is 0 Å². The number of carbonyl (C=O) groups excluding carboxylic acids is 2. The van der Waals surface area contributed by atoms with Gasteiger partial charge in [-0.3, -0.25) is 19.4 Å². The van der Waals surface area contributed by atoms with Gasteiger partial charge in [0.2, 0.25) is 11.8 Å². The van der Waals surface area contributed by atoms with Gasteiger partial charge in [0.05, 0.1) is 13.1 Å². The molecule has 2 unspecified atom stereocenters. The highest BCUT2D eigenvalue weighted by molar-refractivity contribution is 5.78. The maximum Gasteiger partial charge on any atom is 0.234 e. The van der Waals surface area contributed by atoms with Gasteiger partial charge in [-0.25, -0.2) is 0 Å². The minimum atomic E-state index is 0.0281. The average molecular weight is 336 g/mol. The average Bonchev–Trinajstić information content (AvgIpc) is 2.58. The first-order chi connectivity index (χ1) is 11.5. The number of nitrogens with zero attached hydrogens (tertiary/aromatic N) is 2. The normalized spacial score (nSPS) is 21.9. The molecule has 1 aliphatic heterocycles. The number of nitrogens with one attached hydrogen (secondary N) is 2. The van der Waals surface area contributed by atoms with E-state index in [0.29, 0.717) is 26.2 Å². The fraction of sp³-hybridized carbons (Fsp3) is 0.667. The third-order valence-electron chi connectivity index (χ3n) is 4.45. The zero-order valence-corrected chi connectivity index (χ0v) is 15.1. The predicted octanol–water partition coefficient (Wildman–Crippen LogP) is 0.766. The second kappa shape index (κ2) is 11.0. The minimum absolute atomic E-state index is 0.0281. The van der Waals surface area contributed by atoms with Crippen LogP contribution in [0.1, 0.15) is 26.7 Å². The van der Waals surface area contributed by atoms with Crippen molar-refractivity contribution in [3.63, 3.8) is 0 Å². The lowest BCUT2D eigenvalue weighted by molar-refractivity contribution is -0.127. The molecule has 0 saturated carbocycles. The van der Waals surface area contributed by atoms with Gasteiger partial charge in [0.15, 0.2) is 0 Å². The molecule has 0 radical (unpaired) electrons. The van der Waals surface area contributed by atoms with E-state index < -0.39 is 0 Å². The van der Waals surface area contributed by atoms with Gasteiger partial charge in [0.1, 0.15) is 0 Å². The lowest BCUT2D eigenvalue weighted by Gasteiger charge is -2.45. The van der Waals surface area contributed by atoms with Gasteiger partial charge in [-0.15, -0.1) is 13.2 Å². The Labute approximate surface area is 146 Å². The highest BCUT2D eigenvalue weighted by Gasteiger charge is 2.33. The summed E-state index contributed by atoms with van der Waals surface area (Å²) < 4.78 is 0. The van der Waals surface area contributed by atoms with E-state index >= 15 is 0 Å². The highest BCUT2D eigenvalue weighted by atomic mass is 16.2. The molecular weight excluding hydrogens is 304 g/mol. The quantitative estimate of drug-likeness (QED) is 0.578. The number of hydrogen-bond donors (Lipinski definition) is 2. The van der Waals surface area contributed by atoms with E-state index in [2.05, 4.69) is 47.4 Å². The SMILES string of the molecule is C=CCNC(=O)CN1CC(CC)N(CC(=O)NCC=C)CC1CC. The van der Waals surface area contributed by atoms with E-state index in [-0.39, 0.29) is 23.9 Å². The van der Waals surface area contributed by atoms with Gasteiger partial charge in [-0.1, -0.05) is 26.0 Å². The van der Waals surface area contributed by atoms with E-state index in [9.17, 15) is 9.59 Å². The first-order valence-electron chi connectivity index (χ1n) is 8.78. The summed E-state index contributed by atoms with van der Waals surface area (Å²) in [6.07, 6.45) is 5.28. The summed E-state index contributed by atoms with van der Waals surface area (Å²) in [5.41, 5.74) is 0. The smallest absolute Gasteiger partial charge is 0.234 e. The summed E-state index contributed by atoms with van der Waals surface area (Å²) in [5.74, 6) is 0.0563. The Hall–Kier alpha value is -1.66. The number of amides is 2. The van der Waals surface area contributed by atoms with Crippen LogP contribution in [0.15, 0.2) is 25.3 Å². The molecule has 6 heteroatoms. The van der Waals surface area contributed by atoms with E-state index in [0.717, 1.165) is 25.9 Å². The van der Waals surface area contributed by atoms with Gasteiger partial charge in [0.25, 0.3) is 0 Å². The first-order valence-corrected chi connectivity index (χ1v) is 8.78. The van der Waals surface area contributed by atoms with Crippen LogP contribution in [-0.4, -0.2) is 73.0 Å². The first kappa shape index (κ1) is 20.4. The molecule has 1 rings (SSSR count). The van der Waals surface area contributed by atoms with Crippen molar-refractivity contribution in [3.8, 4) is 0 Å². The van der Waals surface area contributed by atoms with Gasteiger partial charge in [-0.05, 0) is 12.8 Å². The molecule has 1 saturated heterocycles. The lowest BCUT2D eigenvalue weighted by atomic mass is 10.0. The summed E-state index contributed by atoms with van der Waals surface area (Å²) in [6, 6.07) is 0.573. The Morgan fingerprint density at radius 2 is 1.29 bits per heavy atom. The molecule has 0 bridgehead atoms. The lowest BCUT2D eigenvalue weighted by Crippen LogP contribution is -2.60. The molecule has 2 atom stereocenters. The number of hydrogen-bond acceptors (Lipinski definition) is 4. The molecule has 0 aromatic carbocycles. The van der Waals surface area contributed by atoms with Crippen molar-refractivity contribution in [1.29, 1.82) is 0 Å². The third kappa shape index (κ3) is 6.45. The van der Waals surface area contributed by atoms with Crippen LogP contribution in [0, 0.1) is 0 Å². The fourth-order valence-electron chi connectivity index (χ4n) is 3.09. The van der Waals surface area contributed by atoms with Gasteiger partial charge < -0.3 is 10.6 Å². The topological polar surface area (TPSA) is 64.7 Å². The van der Waals surface area contributed by atoms with Crippen LogP contribution >= 0.6 is 0 Å². The van der Waals surface area contributed by atoms with Crippen molar-refractivity contribution in [2.45, 2.75) is 38.8 Å². The summed E-state index contributed by atoms with van der Waals surface area (Å²) in [4.78, 5) is 28.5. The van der Waals surface area contributed by atoms with Crippen molar-refractivity contribution in [1.82, 2.24) is 20.4 Å². The molecule has 2 amide bonds. The summed E-state index contributed by atoms with van der Waals surface area (Å²) in [5, 5.41) is 5.68. The molecule has 0 spiro atoms. The van der Waals surface area contributed by atoms with Crippen molar-refractivity contribution >= 4 is 11.8 Å². The van der Waals surface area contributed by atoms with E-state index in [1.165, 1.54) is 0 Å². The summed E-state index contributed by atoms with van der Waals surface area (Å²) in [6.45, 7) is 14.9. The minimum Gasteiger partial charge on any atom is -0.352 e. The Balaban J connectivity index is 2.64. The van der Waals surface area contributed by atoms with Crippen LogP contribution < -0.4 is 10.6 Å². The number of piperazine rings is 1. The molecule has 0 aromatic heterocycles. The molecule has 6 nitrogen and oxygen atoms in total.